The van der Waals surface area contributed by atoms with Crippen molar-refractivity contribution < 1.29 is 0 Å². The maximum absolute atomic E-state index is 4.05. The van der Waals surface area contributed by atoms with Crippen molar-refractivity contribution in [3.05, 3.63) is 23.2 Å². The van der Waals surface area contributed by atoms with Gasteiger partial charge in [-0.2, -0.15) is 0 Å². The molecule has 13 heavy (non-hydrogen) atoms. The second kappa shape index (κ2) is 5.09. The molecule has 3 nitrogen and oxygen atoms in total. The average molecular weight is 197 g/mol. The zero-order valence-corrected chi connectivity index (χ0v) is 8.90. The first-order chi connectivity index (χ1) is 6.24. The van der Waals surface area contributed by atoms with Crippen LogP contribution in [0.2, 0.25) is 0 Å². The third-order valence-electron chi connectivity index (χ3n) is 1.74. The highest BCUT2D eigenvalue weighted by Crippen LogP contribution is 2.18. The summed E-state index contributed by atoms with van der Waals surface area (Å²) in [5, 5.41) is 9.40. The molecule has 0 aliphatic carbocycles. The summed E-state index contributed by atoms with van der Waals surface area (Å²) < 4.78 is 3.85. The monoisotopic (exact) mass is 197 g/mol. The minimum absolute atomic E-state index is 0.279. The van der Waals surface area contributed by atoms with E-state index in [9.17, 15) is 0 Å². The van der Waals surface area contributed by atoms with Gasteiger partial charge in [-0.3, -0.25) is 0 Å². The minimum atomic E-state index is 0.279. The molecule has 0 amide bonds. The predicted octanol–water partition coefficient (Wildman–Crippen LogP) is 2.15. The van der Waals surface area contributed by atoms with Crippen LogP contribution in [0.1, 0.15) is 32.0 Å². The fourth-order valence-electron chi connectivity index (χ4n) is 1.20. The second-order valence-corrected chi connectivity index (χ2v) is 3.71. The molecular weight excluding hydrogens is 182 g/mol. The van der Waals surface area contributed by atoms with Gasteiger partial charge in [0.15, 0.2) is 0 Å². The summed E-state index contributed by atoms with van der Waals surface area (Å²) in [7, 11) is 0. The van der Waals surface area contributed by atoms with Crippen LogP contribution < -0.4 is 5.32 Å². The van der Waals surface area contributed by atoms with E-state index in [-0.39, 0.29) is 6.04 Å². The Kier molecular flexibility index (Phi) is 4.05. The number of aromatic nitrogens is 2. The summed E-state index contributed by atoms with van der Waals surface area (Å²) in [5.41, 5.74) is 2.19. The first-order valence-electron chi connectivity index (χ1n) is 4.38. The van der Waals surface area contributed by atoms with E-state index in [2.05, 4.69) is 28.4 Å². The molecule has 1 unspecified atom stereocenters. The van der Waals surface area contributed by atoms with E-state index in [0.29, 0.717) is 0 Å². The summed E-state index contributed by atoms with van der Waals surface area (Å²) in [6.07, 6.45) is 0.930. The highest BCUT2D eigenvalue weighted by atomic mass is 32.1. The molecule has 0 aliphatic rings. The van der Waals surface area contributed by atoms with E-state index in [1.807, 2.05) is 12.3 Å². The molecule has 0 saturated carbocycles. The van der Waals surface area contributed by atoms with E-state index in [1.54, 1.807) is 0 Å². The smallest absolute Gasteiger partial charge is 0.0927 e. The molecule has 0 bridgehead atoms. The summed E-state index contributed by atoms with van der Waals surface area (Å²) in [6, 6.07) is 0.279. The highest BCUT2D eigenvalue weighted by molar-refractivity contribution is 7.03. The van der Waals surface area contributed by atoms with Gasteiger partial charge in [-0.25, -0.2) is 0 Å². The molecule has 0 saturated heterocycles. The van der Waals surface area contributed by atoms with Crippen molar-refractivity contribution in [2.75, 3.05) is 6.54 Å². The third kappa shape index (κ3) is 3.24. The van der Waals surface area contributed by atoms with Crippen LogP contribution in [0.15, 0.2) is 17.5 Å². The lowest BCUT2D eigenvalue weighted by Crippen LogP contribution is -2.21. The molecule has 1 rings (SSSR count). The van der Waals surface area contributed by atoms with Crippen LogP contribution in [0, 0.1) is 0 Å². The Morgan fingerprint density at radius 1 is 1.77 bits per heavy atom. The van der Waals surface area contributed by atoms with Crippen molar-refractivity contribution >= 4 is 11.5 Å². The summed E-state index contributed by atoms with van der Waals surface area (Å²) >= 11 is 1.39. The summed E-state index contributed by atoms with van der Waals surface area (Å²) in [4.78, 5) is 0. The van der Waals surface area contributed by atoms with Gasteiger partial charge in [0.2, 0.25) is 0 Å². The zero-order valence-electron chi connectivity index (χ0n) is 8.08. The lowest BCUT2D eigenvalue weighted by Gasteiger charge is -2.14. The molecule has 1 aromatic heterocycles. The molecule has 1 heterocycles. The molecule has 1 N–H and O–H groups in total. The number of hydrogen-bond acceptors (Lipinski definition) is 4. The summed E-state index contributed by atoms with van der Waals surface area (Å²) in [5.74, 6) is 0. The predicted molar refractivity (Wildman–Crippen MR) is 55.8 cm³/mol. The lowest BCUT2D eigenvalue weighted by molar-refractivity contribution is 0.534. The normalized spacial score (nSPS) is 12.8. The Hall–Kier alpha value is -0.740. The molecule has 0 spiro atoms. The number of nitrogens with one attached hydrogen (secondary N) is 1. The highest BCUT2D eigenvalue weighted by Gasteiger charge is 2.12. The van der Waals surface area contributed by atoms with Crippen LogP contribution in [0.4, 0.5) is 0 Å². The minimum Gasteiger partial charge on any atom is -0.309 e. The van der Waals surface area contributed by atoms with Crippen LogP contribution in [0.25, 0.3) is 0 Å². The van der Waals surface area contributed by atoms with Crippen molar-refractivity contribution in [3.8, 4) is 0 Å². The molecule has 1 aromatic rings. The zero-order chi connectivity index (χ0) is 9.68. The van der Waals surface area contributed by atoms with Crippen LogP contribution in [0.3, 0.4) is 0 Å². The molecule has 4 heteroatoms. The largest absolute Gasteiger partial charge is 0.309 e. The van der Waals surface area contributed by atoms with Gasteiger partial charge in [0.05, 0.1) is 11.7 Å². The van der Waals surface area contributed by atoms with E-state index in [0.717, 1.165) is 18.7 Å². The van der Waals surface area contributed by atoms with Crippen LogP contribution >= 0.6 is 11.5 Å². The van der Waals surface area contributed by atoms with E-state index in [1.165, 1.54) is 17.1 Å². The Labute approximate surface area is 83.0 Å². The van der Waals surface area contributed by atoms with E-state index < -0.39 is 0 Å². The first kappa shape index (κ1) is 10.3. The van der Waals surface area contributed by atoms with Crippen molar-refractivity contribution in [2.45, 2.75) is 26.3 Å². The molecule has 0 aromatic carbocycles. The number of hydrogen-bond donors (Lipinski definition) is 1. The van der Waals surface area contributed by atoms with Gasteiger partial charge < -0.3 is 5.32 Å². The van der Waals surface area contributed by atoms with Crippen molar-refractivity contribution in [1.82, 2.24) is 14.9 Å². The maximum Gasteiger partial charge on any atom is 0.0927 e. The maximum atomic E-state index is 4.05. The van der Waals surface area contributed by atoms with Gasteiger partial charge in [-0.1, -0.05) is 17.0 Å². The molecule has 0 radical (unpaired) electrons. The fraction of sp³-hybridized carbons (Fsp3) is 0.556. The van der Waals surface area contributed by atoms with Crippen LogP contribution in [-0.4, -0.2) is 16.1 Å². The van der Waals surface area contributed by atoms with Gasteiger partial charge in [0, 0.05) is 5.38 Å². The van der Waals surface area contributed by atoms with Gasteiger partial charge in [-0.15, -0.1) is 11.7 Å². The fourth-order valence-corrected chi connectivity index (χ4v) is 1.71. The topological polar surface area (TPSA) is 37.8 Å². The van der Waals surface area contributed by atoms with E-state index >= 15 is 0 Å². The molecule has 1 atom stereocenters. The van der Waals surface area contributed by atoms with Crippen molar-refractivity contribution in [2.24, 2.45) is 0 Å². The van der Waals surface area contributed by atoms with Gasteiger partial charge in [-0.05, 0) is 31.4 Å². The SMILES string of the molecule is C=C(C)CC(NCC)c1csnn1. The lowest BCUT2D eigenvalue weighted by atomic mass is 10.1. The standard InChI is InChI=1S/C9H15N3S/c1-4-10-8(5-7(2)3)9-6-13-12-11-9/h6,8,10H,2,4-5H2,1,3H3. The Bertz CT molecular complexity index is 256. The Morgan fingerprint density at radius 3 is 3.00 bits per heavy atom. The van der Waals surface area contributed by atoms with Gasteiger partial charge in [0.25, 0.3) is 0 Å². The number of rotatable bonds is 5. The Balaban J connectivity index is 2.62. The molecule has 0 fully saturated rings. The van der Waals surface area contributed by atoms with E-state index in [4.69, 9.17) is 0 Å². The molecule has 72 valence electrons. The van der Waals surface area contributed by atoms with Crippen LogP contribution in [0.5, 0.6) is 0 Å². The average Bonchev–Trinajstić information content (AvgIpc) is 2.54. The van der Waals surface area contributed by atoms with Gasteiger partial charge >= 0.3 is 0 Å². The van der Waals surface area contributed by atoms with Crippen molar-refractivity contribution in [1.29, 1.82) is 0 Å². The first-order valence-corrected chi connectivity index (χ1v) is 5.22. The third-order valence-corrected chi connectivity index (χ3v) is 2.26. The van der Waals surface area contributed by atoms with Crippen LogP contribution in [-0.2, 0) is 0 Å². The molecular formula is C9H15N3S. The number of nitrogens with zero attached hydrogens (tertiary/aromatic N) is 2. The Morgan fingerprint density at radius 2 is 2.54 bits per heavy atom. The second-order valence-electron chi connectivity index (χ2n) is 3.10. The quantitative estimate of drug-likeness (QED) is 0.735. The summed E-state index contributed by atoms with van der Waals surface area (Å²) in [6.45, 7) is 8.96. The molecule has 0 aliphatic heterocycles. The van der Waals surface area contributed by atoms with Gasteiger partial charge in [0.1, 0.15) is 0 Å². The van der Waals surface area contributed by atoms with Crippen molar-refractivity contribution in [3.63, 3.8) is 0 Å².